The lowest BCUT2D eigenvalue weighted by Crippen LogP contribution is -2.16. The normalized spacial score (nSPS) is 11.6. The van der Waals surface area contributed by atoms with E-state index in [-0.39, 0.29) is 5.84 Å². The molecule has 0 aliphatic rings. The maximum Gasteiger partial charge on any atom is 0.170 e. The van der Waals surface area contributed by atoms with E-state index >= 15 is 0 Å². The van der Waals surface area contributed by atoms with Crippen LogP contribution in [0.4, 0.5) is 4.39 Å². The molecule has 0 unspecified atom stereocenters. The molecule has 0 radical (unpaired) electrons. The summed E-state index contributed by atoms with van der Waals surface area (Å²) in [5.74, 6) is -0.516. The van der Waals surface area contributed by atoms with Gasteiger partial charge >= 0.3 is 0 Å². The summed E-state index contributed by atoms with van der Waals surface area (Å²) >= 11 is 5.81. The predicted molar refractivity (Wildman–Crippen MR) is 80.9 cm³/mol. The Labute approximate surface area is 127 Å². The van der Waals surface area contributed by atoms with Gasteiger partial charge in [-0.2, -0.15) is 0 Å². The lowest BCUT2D eigenvalue weighted by Gasteiger charge is -2.08. The largest absolute Gasteiger partial charge is 0.409 e. The molecule has 0 aliphatic carbocycles. The molecule has 0 saturated heterocycles. The van der Waals surface area contributed by atoms with E-state index in [1.54, 1.807) is 12.1 Å². The third-order valence-corrected chi connectivity index (χ3v) is 3.27. The maximum absolute atomic E-state index is 13.9. The third-order valence-electron chi connectivity index (χ3n) is 3.01. The summed E-state index contributed by atoms with van der Waals surface area (Å²) in [6.07, 6.45) is 0. The van der Waals surface area contributed by atoms with Crippen LogP contribution in [0.5, 0.6) is 0 Å². The van der Waals surface area contributed by atoms with Crippen molar-refractivity contribution in [2.45, 2.75) is 13.1 Å². The molecule has 4 N–H and O–H groups in total. The van der Waals surface area contributed by atoms with Gasteiger partial charge < -0.3 is 16.3 Å². The number of nitrogens with two attached hydrogens (primary N) is 1. The molecule has 4 nitrogen and oxygen atoms in total. The number of nitrogens with zero attached hydrogens (tertiary/aromatic N) is 1. The monoisotopic (exact) mass is 307 g/mol. The first-order valence-electron chi connectivity index (χ1n) is 6.31. The molecular weight excluding hydrogens is 293 g/mol. The Hall–Kier alpha value is -2.11. The lowest BCUT2D eigenvalue weighted by molar-refractivity contribution is 0.318. The molecule has 0 bridgehead atoms. The molecule has 0 aliphatic heterocycles. The Morgan fingerprint density at radius 1 is 1.19 bits per heavy atom. The number of hydrogen-bond acceptors (Lipinski definition) is 3. The Bertz CT molecular complexity index is 644. The molecule has 0 heterocycles. The average molecular weight is 308 g/mol. The van der Waals surface area contributed by atoms with Crippen LogP contribution in [0.1, 0.15) is 16.7 Å². The SMILES string of the molecule is NC(=NO)c1ccc(CNCc2ccc(Cl)cc2)c(F)c1. The fraction of sp³-hybridized carbons (Fsp3) is 0.133. The number of hydrogen-bond donors (Lipinski definition) is 3. The molecule has 0 amide bonds. The molecule has 0 aromatic heterocycles. The van der Waals surface area contributed by atoms with E-state index in [9.17, 15) is 4.39 Å². The van der Waals surface area contributed by atoms with E-state index < -0.39 is 5.82 Å². The van der Waals surface area contributed by atoms with Crippen molar-refractivity contribution in [2.75, 3.05) is 0 Å². The molecule has 110 valence electrons. The molecule has 0 saturated carbocycles. The van der Waals surface area contributed by atoms with E-state index in [1.807, 2.05) is 24.3 Å². The van der Waals surface area contributed by atoms with Crippen LogP contribution in [0.15, 0.2) is 47.6 Å². The first-order chi connectivity index (χ1) is 10.1. The molecular formula is C15H15ClFN3O. The molecule has 0 atom stereocenters. The average Bonchev–Trinajstić information content (AvgIpc) is 2.50. The third kappa shape index (κ3) is 4.18. The van der Waals surface area contributed by atoms with Crippen molar-refractivity contribution >= 4 is 17.4 Å². The van der Waals surface area contributed by atoms with Gasteiger partial charge in [0.15, 0.2) is 5.84 Å². The topological polar surface area (TPSA) is 70.6 Å². The fourth-order valence-corrected chi connectivity index (χ4v) is 1.98. The fourth-order valence-electron chi connectivity index (χ4n) is 1.85. The van der Waals surface area contributed by atoms with Crippen LogP contribution in [0.25, 0.3) is 0 Å². The van der Waals surface area contributed by atoms with Crippen LogP contribution in [0.3, 0.4) is 0 Å². The number of nitrogens with one attached hydrogen (secondary N) is 1. The van der Waals surface area contributed by atoms with E-state index in [4.69, 9.17) is 22.5 Å². The highest BCUT2D eigenvalue weighted by atomic mass is 35.5. The summed E-state index contributed by atoms with van der Waals surface area (Å²) in [7, 11) is 0. The van der Waals surface area contributed by atoms with Crippen LogP contribution < -0.4 is 11.1 Å². The first kappa shape index (κ1) is 15.3. The van der Waals surface area contributed by atoms with Gasteiger partial charge in [0.2, 0.25) is 0 Å². The van der Waals surface area contributed by atoms with Crippen LogP contribution in [0.2, 0.25) is 5.02 Å². The number of benzene rings is 2. The van der Waals surface area contributed by atoms with Gasteiger partial charge in [0.05, 0.1) is 0 Å². The second kappa shape index (κ2) is 7.06. The van der Waals surface area contributed by atoms with Gasteiger partial charge in [-0.1, -0.05) is 41.0 Å². The van der Waals surface area contributed by atoms with E-state index in [1.165, 1.54) is 6.07 Å². The van der Waals surface area contributed by atoms with Gasteiger partial charge in [-0.05, 0) is 23.8 Å². The quantitative estimate of drug-likeness (QED) is 0.344. The number of oxime groups is 1. The lowest BCUT2D eigenvalue weighted by atomic mass is 10.1. The minimum Gasteiger partial charge on any atom is -0.409 e. The number of amidine groups is 1. The molecule has 0 fully saturated rings. The highest BCUT2D eigenvalue weighted by Crippen LogP contribution is 2.12. The zero-order chi connectivity index (χ0) is 15.2. The van der Waals surface area contributed by atoms with Crippen molar-refractivity contribution in [3.63, 3.8) is 0 Å². The molecule has 21 heavy (non-hydrogen) atoms. The van der Waals surface area contributed by atoms with Crippen molar-refractivity contribution in [3.8, 4) is 0 Å². The number of halogens is 2. The second-order valence-electron chi connectivity index (χ2n) is 4.52. The molecule has 2 rings (SSSR count). The smallest absolute Gasteiger partial charge is 0.170 e. The molecule has 6 heteroatoms. The minimum absolute atomic E-state index is 0.116. The van der Waals surface area contributed by atoms with E-state index in [0.29, 0.717) is 29.2 Å². The highest BCUT2D eigenvalue weighted by molar-refractivity contribution is 6.30. The zero-order valence-corrected chi connectivity index (χ0v) is 11.9. The van der Waals surface area contributed by atoms with Crippen molar-refractivity contribution in [1.29, 1.82) is 0 Å². The van der Waals surface area contributed by atoms with Crippen molar-refractivity contribution in [3.05, 3.63) is 70.0 Å². The summed E-state index contributed by atoms with van der Waals surface area (Å²) in [5, 5.41) is 15.2. The number of rotatable bonds is 5. The summed E-state index contributed by atoms with van der Waals surface area (Å²) in [4.78, 5) is 0. The minimum atomic E-state index is -0.400. The van der Waals surface area contributed by atoms with Gasteiger partial charge in [0.1, 0.15) is 5.82 Å². The van der Waals surface area contributed by atoms with Gasteiger partial charge in [-0.25, -0.2) is 4.39 Å². The molecule has 2 aromatic rings. The van der Waals surface area contributed by atoms with Crippen LogP contribution in [-0.2, 0) is 13.1 Å². The Balaban J connectivity index is 1.96. The Morgan fingerprint density at radius 2 is 1.90 bits per heavy atom. The summed E-state index contributed by atoms with van der Waals surface area (Å²) in [5.41, 5.74) is 7.33. The maximum atomic E-state index is 13.9. The van der Waals surface area contributed by atoms with Crippen LogP contribution in [-0.4, -0.2) is 11.0 Å². The molecule has 2 aromatic carbocycles. The molecule has 0 spiro atoms. The first-order valence-corrected chi connectivity index (χ1v) is 6.69. The van der Waals surface area contributed by atoms with Crippen LogP contribution >= 0.6 is 11.6 Å². The predicted octanol–water partition coefficient (Wildman–Crippen LogP) is 2.86. The van der Waals surface area contributed by atoms with Gasteiger partial charge in [-0.15, -0.1) is 0 Å². The van der Waals surface area contributed by atoms with E-state index in [0.717, 1.165) is 5.56 Å². The highest BCUT2D eigenvalue weighted by Gasteiger charge is 2.06. The summed E-state index contributed by atoms with van der Waals surface area (Å²) < 4.78 is 13.9. The van der Waals surface area contributed by atoms with Crippen molar-refractivity contribution in [1.82, 2.24) is 5.32 Å². The standard InChI is InChI=1S/C15H15ClFN3O/c16-13-5-1-10(2-6-13)8-19-9-12-4-3-11(7-14(12)17)15(18)20-21/h1-7,19,21H,8-9H2,(H2,18,20). The van der Waals surface area contributed by atoms with Gasteiger partial charge in [0.25, 0.3) is 0 Å². The summed E-state index contributed by atoms with van der Waals surface area (Å²) in [6.45, 7) is 0.990. The van der Waals surface area contributed by atoms with E-state index in [2.05, 4.69) is 10.5 Å². The second-order valence-corrected chi connectivity index (χ2v) is 4.96. The zero-order valence-electron chi connectivity index (χ0n) is 11.2. The Morgan fingerprint density at radius 3 is 2.52 bits per heavy atom. The Kier molecular flexibility index (Phi) is 5.14. The van der Waals surface area contributed by atoms with Crippen molar-refractivity contribution < 1.29 is 9.60 Å². The van der Waals surface area contributed by atoms with Gasteiger partial charge in [-0.3, -0.25) is 0 Å². The van der Waals surface area contributed by atoms with Crippen LogP contribution in [0, 0.1) is 5.82 Å². The van der Waals surface area contributed by atoms with Gasteiger partial charge in [0, 0.05) is 29.2 Å². The van der Waals surface area contributed by atoms with Crippen molar-refractivity contribution in [2.24, 2.45) is 10.9 Å². The summed E-state index contributed by atoms with van der Waals surface area (Å²) in [6, 6.07) is 11.9.